The van der Waals surface area contributed by atoms with Crippen molar-refractivity contribution in [2.24, 2.45) is 0 Å². The lowest BCUT2D eigenvalue weighted by Crippen LogP contribution is -2.17. The Morgan fingerprint density at radius 1 is 1.24 bits per heavy atom. The van der Waals surface area contributed by atoms with Crippen molar-refractivity contribution in [3.8, 4) is 0 Å². The van der Waals surface area contributed by atoms with E-state index in [9.17, 15) is 0 Å². The molecule has 1 nitrogen and oxygen atoms in total. The van der Waals surface area contributed by atoms with Crippen molar-refractivity contribution in [2.45, 2.75) is 20.0 Å². The third kappa shape index (κ3) is 3.66. The van der Waals surface area contributed by atoms with Gasteiger partial charge in [0.15, 0.2) is 0 Å². The van der Waals surface area contributed by atoms with Crippen LogP contribution in [0.15, 0.2) is 40.2 Å². The molecule has 1 heterocycles. The Bertz CT molecular complexity index is 492. The fraction of sp³-hybridized carbons (Fsp3) is 0.286. The minimum atomic E-state index is 1.00. The first-order chi connectivity index (χ1) is 8.15. The largest absolute Gasteiger partial charge is 0.297 e. The van der Waals surface area contributed by atoms with Gasteiger partial charge in [-0.25, -0.2) is 0 Å². The van der Waals surface area contributed by atoms with Crippen molar-refractivity contribution < 1.29 is 0 Å². The van der Waals surface area contributed by atoms with Crippen LogP contribution in [-0.2, 0) is 13.1 Å². The van der Waals surface area contributed by atoms with Gasteiger partial charge >= 0.3 is 0 Å². The Balaban J connectivity index is 1.98. The second kappa shape index (κ2) is 5.80. The molecule has 0 fully saturated rings. The number of nitrogens with zero attached hydrogens (tertiary/aromatic N) is 1. The van der Waals surface area contributed by atoms with Crippen LogP contribution in [0.3, 0.4) is 0 Å². The number of hydrogen-bond donors (Lipinski definition) is 0. The van der Waals surface area contributed by atoms with Crippen LogP contribution in [0.2, 0.25) is 0 Å². The second-order valence-corrected chi connectivity index (χ2v) is 6.24. The number of benzene rings is 1. The van der Waals surface area contributed by atoms with Crippen molar-refractivity contribution >= 4 is 27.3 Å². The molecule has 0 N–H and O–H groups in total. The summed E-state index contributed by atoms with van der Waals surface area (Å²) in [4.78, 5) is 3.74. The van der Waals surface area contributed by atoms with Gasteiger partial charge < -0.3 is 0 Å². The monoisotopic (exact) mass is 309 g/mol. The molecule has 0 atom stereocenters. The molecule has 0 saturated carbocycles. The predicted octanol–water partition coefficient (Wildman–Crippen LogP) is 4.45. The van der Waals surface area contributed by atoms with Gasteiger partial charge in [0.25, 0.3) is 0 Å². The second-order valence-electron chi connectivity index (χ2n) is 4.33. The molecule has 0 radical (unpaired) electrons. The summed E-state index contributed by atoms with van der Waals surface area (Å²) in [5, 5.41) is 2.14. The van der Waals surface area contributed by atoms with Gasteiger partial charge in [-0.1, -0.05) is 24.3 Å². The van der Waals surface area contributed by atoms with Crippen molar-refractivity contribution in [2.75, 3.05) is 7.05 Å². The first-order valence-corrected chi connectivity index (χ1v) is 7.28. The third-order valence-corrected chi connectivity index (χ3v) is 4.43. The Kier molecular flexibility index (Phi) is 4.37. The summed E-state index contributed by atoms with van der Waals surface area (Å²) in [6, 6.07) is 10.8. The Morgan fingerprint density at radius 3 is 2.65 bits per heavy atom. The molecule has 0 spiro atoms. The van der Waals surface area contributed by atoms with E-state index in [1.807, 2.05) is 0 Å². The van der Waals surface area contributed by atoms with Crippen LogP contribution in [0.1, 0.15) is 16.0 Å². The van der Waals surface area contributed by atoms with Crippen LogP contribution in [-0.4, -0.2) is 11.9 Å². The first-order valence-electron chi connectivity index (χ1n) is 5.61. The van der Waals surface area contributed by atoms with Crippen molar-refractivity contribution in [3.05, 3.63) is 56.2 Å². The molecule has 0 amide bonds. The summed E-state index contributed by atoms with van der Waals surface area (Å²) in [5.41, 5.74) is 2.78. The van der Waals surface area contributed by atoms with E-state index in [0.29, 0.717) is 0 Å². The van der Waals surface area contributed by atoms with Crippen LogP contribution in [0.4, 0.5) is 0 Å². The number of rotatable bonds is 4. The molecule has 1 aromatic carbocycles. The summed E-state index contributed by atoms with van der Waals surface area (Å²) in [7, 11) is 2.17. The van der Waals surface area contributed by atoms with Crippen molar-refractivity contribution in [3.63, 3.8) is 0 Å². The molecule has 0 bridgehead atoms. The molecule has 0 aliphatic rings. The minimum Gasteiger partial charge on any atom is -0.297 e. The topological polar surface area (TPSA) is 3.24 Å². The minimum absolute atomic E-state index is 1.00. The molecule has 0 unspecified atom stereocenters. The lowest BCUT2D eigenvalue weighted by molar-refractivity contribution is 0.321. The summed E-state index contributed by atoms with van der Waals surface area (Å²) in [6.45, 7) is 4.18. The summed E-state index contributed by atoms with van der Waals surface area (Å²) < 4.78 is 1.18. The molecular formula is C14H16BrNS. The highest BCUT2D eigenvalue weighted by molar-refractivity contribution is 9.10. The van der Waals surface area contributed by atoms with Gasteiger partial charge in [0, 0.05) is 27.8 Å². The highest BCUT2D eigenvalue weighted by atomic mass is 79.9. The molecular weight excluding hydrogens is 294 g/mol. The molecule has 2 rings (SSSR count). The highest BCUT2D eigenvalue weighted by Crippen LogP contribution is 2.21. The van der Waals surface area contributed by atoms with E-state index < -0.39 is 0 Å². The first kappa shape index (κ1) is 12.8. The SMILES string of the molecule is Cc1ccccc1CN(C)Cc1cc(Br)cs1. The lowest BCUT2D eigenvalue weighted by Gasteiger charge is -2.17. The number of thiophene rings is 1. The van der Waals surface area contributed by atoms with Gasteiger partial charge in [0.1, 0.15) is 0 Å². The normalized spacial score (nSPS) is 11.1. The van der Waals surface area contributed by atoms with E-state index in [1.54, 1.807) is 11.3 Å². The van der Waals surface area contributed by atoms with Crippen LogP contribution in [0, 0.1) is 6.92 Å². The van der Waals surface area contributed by atoms with Gasteiger partial charge in [0.2, 0.25) is 0 Å². The zero-order chi connectivity index (χ0) is 12.3. The van der Waals surface area contributed by atoms with E-state index in [0.717, 1.165) is 13.1 Å². The van der Waals surface area contributed by atoms with Gasteiger partial charge in [-0.3, -0.25) is 4.90 Å². The average Bonchev–Trinajstić information content (AvgIpc) is 2.67. The third-order valence-electron chi connectivity index (χ3n) is 2.75. The average molecular weight is 310 g/mol. The fourth-order valence-corrected chi connectivity index (χ4v) is 3.37. The highest BCUT2D eigenvalue weighted by Gasteiger charge is 2.05. The van der Waals surface area contributed by atoms with E-state index in [1.165, 1.54) is 20.5 Å². The number of hydrogen-bond acceptors (Lipinski definition) is 2. The van der Waals surface area contributed by atoms with Gasteiger partial charge in [0.05, 0.1) is 0 Å². The van der Waals surface area contributed by atoms with E-state index >= 15 is 0 Å². The summed E-state index contributed by atoms with van der Waals surface area (Å²) >= 11 is 5.30. The summed E-state index contributed by atoms with van der Waals surface area (Å²) in [5.74, 6) is 0. The predicted molar refractivity (Wildman–Crippen MR) is 78.4 cm³/mol. The van der Waals surface area contributed by atoms with Gasteiger partial charge in [-0.15, -0.1) is 11.3 Å². The van der Waals surface area contributed by atoms with Crippen molar-refractivity contribution in [1.82, 2.24) is 4.90 Å². The fourth-order valence-electron chi connectivity index (χ4n) is 1.84. The van der Waals surface area contributed by atoms with Crippen molar-refractivity contribution in [1.29, 1.82) is 0 Å². The molecule has 1 aromatic heterocycles. The Morgan fingerprint density at radius 2 is 2.00 bits per heavy atom. The summed E-state index contributed by atoms with van der Waals surface area (Å²) in [6.07, 6.45) is 0. The zero-order valence-corrected chi connectivity index (χ0v) is 12.5. The maximum Gasteiger partial charge on any atom is 0.0328 e. The van der Waals surface area contributed by atoms with Gasteiger partial charge in [-0.05, 0) is 47.1 Å². The Labute approximate surface area is 115 Å². The molecule has 0 aliphatic heterocycles. The zero-order valence-electron chi connectivity index (χ0n) is 10.1. The molecule has 3 heteroatoms. The maximum absolute atomic E-state index is 3.49. The van der Waals surface area contributed by atoms with E-state index in [4.69, 9.17) is 0 Å². The number of aryl methyl sites for hydroxylation is 1. The van der Waals surface area contributed by atoms with Crippen LogP contribution >= 0.6 is 27.3 Å². The van der Waals surface area contributed by atoms with Gasteiger partial charge in [-0.2, -0.15) is 0 Å². The van der Waals surface area contributed by atoms with E-state index in [-0.39, 0.29) is 0 Å². The maximum atomic E-state index is 3.49. The smallest absolute Gasteiger partial charge is 0.0328 e. The quantitative estimate of drug-likeness (QED) is 0.806. The van der Waals surface area contributed by atoms with Crippen LogP contribution < -0.4 is 0 Å². The van der Waals surface area contributed by atoms with Crippen LogP contribution in [0.25, 0.3) is 0 Å². The molecule has 17 heavy (non-hydrogen) atoms. The van der Waals surface area contributed by atoms with E-state index in [2.05, 4.69) is 70.5 Å². The number of halogens is 1. The molecule has 90 valence electrons. The molecule has 0 saturated heterocycles. The molecule has 2 aromatic rings. The molecule has 0 aliphatic carbocycles. The van der Waals surface area contributed by atoms with Crippen LogP contribution in [0.5, 0.6) is 0 Å². The Hall–Kier alpha value is -0.640. The lowest BCUT2D eigenvalue weighted by atomic mass is 10.1. The standard InChI is InChI=1S/C14H16BrNS/c1-11-5-3-4-6-12(11)8-16(2)9-14-7-13(15)10-17-14/h3-7,10H,8-9H2,1-2H3.